The molecule has 2 aliphatic rings. The van der Waals surface area contributed by atoms with Crippen LogP contribution in [0.3, 0.4) is 0 Å². The van der Waals surface area contributed by atoms with Crippen molar-refractivity contribution in [1.29, 1.82) is 0 Å². The van der Waals surface area contributed by atoms with E-state index in [0.717, 1.165) is 55.8 Å². The normalized spacial score (nSPS) is 20.2. The summed E-state index contributed by atoms with van der Waals surface area (Å²) in [4.78, 5) is 19.5. The van der Waals surface area contributed by atoms with Crippen LogP contribution in [-0.2, 0) is 6.18 Å². The first-order valence-corrected chi connectivity index (χ1v) is 13.8. The first kappa shape index (κ1) is 29.4. The van der Waals surface area contributed by atoms with Crippen LogP contribution in [0.1, 0.15) is 64.8 Å². The Balaban J connectivity index is 1.32. The van der Waals surface area contributed by atoms with Gasteiger partial charge in [0.2, 0.25) is 0 Å². The summed E-state index contributed by atoms with van der Waals surface area (Å²) < 4.78 is 44.8. The van der Waals surface area contributed by atoms with Crippen LogP contribution < -0.4 is 4.74 Å². The number of carbonyl (C=O) groups excluding carboxylic acids is 1. The Morgan fingerprint density at radius 2 is 1.77 bits per heavy atom. The monoisotopic (exact) mass is 547 g/mol. The molecule has 4 rings (SSSR count). The maximum atomic E-state index is 13.1. The van der Waals surface area contributed by atoms with E-state index >= 15 is 0 Å². The fraction of sp³-hybridized carbons (Fsp3) is 0.567. The third kappa shape index (κ3) is 6.58. The van der Waals surface area contributed by atoms with Gasteiger partial charge in [-0.05, 0) is 101 Å². The van der Waals surface area contributed by atoms with Crippen LogP contribution in [0.25, 0.3) is 0 Å². The van der Waals surface area contributed by atoms with Crippen LogP contribution in [0.4, 0.5) is 13.2 Å². The van der Waals surface area contributed by atoms with Crippen molar-refractivity contribution >= 4 is 5.91 Å². The molecule has 2 bridgehead atoms. The number of aliphatic hydroxyl groups is 1. The molecule has 2 aliphatic heterocycles. The quantitative estimate of drug-likeness (QED) is 0.399. The first-order chi connectivity index (χ1) is 18.5. The minimum absolute atomic E-state index is 0.0627. The van der Waals surface area contributed by atoms with Crippen molar-refractivity contribution in [2.45, 2.75) is 64.3 Å². The molecule has 6 nitrogen and oxygen atoms in total. The van der Waals surface area contributed by atoms with Crippen LogP contribution in [0.5, 0.6) is 5.75 Å². The molecular formula is C30H40F3N3O3. The van der Waals surface area contributed by atoms with E-state index in [4.69, 9.17) is 9.84 Å². The second kappa shape index (κ2) is 12.3. The lowest BCUT2D eigenvalue weighted by Gasteiger charge is -2.38. The van der Waals surface area contributed by atoms with Gasteiger partial charge >= 0.3 is 6.18 Å². The number of halogens is 3. The Morgan fingerprint density at radius 3 is 2.38 bits per heavy atom. The van der Waals surface area contributed by atoms with Crippen molar-refractivity contribution in [1.82, 2.24) is 14.7 Å². The molecule has 2 heterocycles. The third-order valence-electron chi connectivity index (χ3n) is 8.40. The van der Waals surface area contributed by atoms with Crippen LogP contribution in [0, 0.1) is 13.8 Å². The Labute approximate surface area is 229 Å². The van der Waals surface area contributed by atoms with Crippen molar-refractivity contribution in [3.63, 3.8) is 0 Å². The smallest absolute Gasteiger partial charge is 0.416 e. The molecule has 0 aliphatic carbocycles. The zero-order valence-corrected chi connectivity index (χ0v) is 23.3. The van der Waals surface area contributed by atoms with E-state index in [0.29, 0.717) is 25.3 Å². The number of unbranched alkanes of at least 4 members (excludes halogenated alkanes) is 1. The van der Waals surface area contributed by atoms with Gasteiger partial charge in [-0.1, -0.05) is 6.07 Å². The molecule has 0 aromatic heterocycles. The number of carbonyl (C=O) groups is 1. The first-order valence-electron chi connectivity index (χ1n) is 13.8. The molecule has 2 aromatic rings. The van der Waals surface area contributed by atoms with Crippen LogP contribution in [0.15, 0.2) is 36.4 Å². The predicted octanol–water partition coefficient (Wildman–Crippen LogP) is 5.07. The van der Waals surface area contributed by atoms with Gasteiger partial charge in [-0.3, -0.25) is 9.69 Å². The highest BCUT2D eigenvalue weighted by Crippen LogP contribution is 2.40. The minimum atomic E-state index is -4.41. The Bertz CT molecular complexity index is 1140. The molecule has 0 saturated carbocycles. The van der Waals surface area contributed by atoms with Gasteiger partial charge in [0.25, 0.3) is 5.91 Å². The van der Waals surface area contributed by atoms with E-state index in [1.807, 2.05) is 11.9 Å². The number of aliphatic hydroxyl groups excluding tert-OH is 1. The maximum absolute atomic E-state index is 13.1. The highest BCUT2D eigenvalue weighted by molar-refractivity contribution is 5.94. The number of hydrogen-bond donors (Lipinski definition) is 1. The number of alkyl halides is 3. The number of piperazine rings is 1. The number of benzene rings is 2. The molecule has 2 fully saturated rings. The highest BCUT2D eigenvalue weighted by atomic mass is 19.4. The van der Waals surface area contributed by atoms with Crippen molar-refractivity contribution < 1.29 is 27.8 Å². The summed E-state index contributed by atoms with van der Waals surface area (Å²) in [5.41, 5.74) is 3.16. The minimum Gasteiger partial charge on any atom is -0.493 e. The Kier molecular flexibility index (Phi) is 9.24. The summed E-state index contributed by atoms with van der Waals surface area (Å²) >= 11 is 0. The number of nitrogens with zero attached hydrogens (tertiary/aromatic N) is 3. The zero-order valence-electron chi connectivity index (χ0n) is 23.3. The summed E-state index contributed by atoms with van der Waals surface area (Å²) in [7, 11) is 2.01. The highest BCUT2D eigenvalue weighted by Gasteiger charge is 2.47. The van der Waals surface area contributed by atoms with Crippen molar-refractivity contribution in [3.05, 3.63) is 64.2 Å². The summed E-state index contributed by atoms with van der Waals surface area (Å²) in [5, 5.41) is 9.00. The molecule has 214 valence electrons. The summed E-state index contributed by atoms with van der Waals surface area (Å²) in [6, 6.07) is 9.19. The van der Waals surface area contributed by atoms with Crippen molar-refractivity contribution in [3.8, 4) is 5.75 Å². The standard InChI is InChI=1S/C30H40F3N3O3/c1-20-21(2)28(39-16-6-5-13-34(4)14-15-37)12-11-27(20)22(3)35-18-26-17-25(35)19-36(26)29(38)23-7-9-24(10-8-23)30(31,32)33/h7-12,22,25-26,37H,5-6,13-19H2,1-4H3/t22-,25-,26-/m0/s1. The molecule has 1 N–H and O–H groups in total. The average molecular weight is 548 g/mol. The van der Waals surface area contributed by atoms with E-state index in [2.05, 4.69) is 42.7 Å². The van der Waals surface area contributed by atoms with Gasteiger partial charge in [0.1, 0.15) is 5.75 Å². The van der Waals surface area contributed by atoms with E-state index in [1.54, 1.807) is 0 Å². The molecule has 0 unspecified atom stereocenters. The largest absolute Gasteiger partial charge is 0.493 e. The molecule has 9 heteroatoms. The lowest BCUT2D eigenvalue weighted by molar-refractivity contribution is -0.137. The van der Waals surface area contributed by atoms with E-state index in [1.165, 1.54) is 23.3 Å². The lowest BCUT2D eigenvalue weighted by Crippen LogP contribution is -2.49. The van der Waals surface area contributed by atoms with Crippen molar-refractivity contribution in [2.75, 3.05) is 46.4 Å². The number of ether oxygens (including phenoxy) is 1. The molecule has 2 saturated heterocycles. The van der Waals surface area contributed by atoms with Gasteiger partial charge in [0.05, 0.1) is 18.8 Å². The van der Waals surface area contributed by atoms with Gasteiger partial charge in [0, 0.05) is 43.3 Å². The van der Waals surface area contributed by atoms with Crippen molar-refractivity contribution in [2.24, 2.45) is 0 Å². The molecule has 39 heavy (non-hydrogen) atoms. The predicted molar refractivity (Wildman–Crippen MR) is 145 cm³/mol. The van der Waals surface area contributed by atoms with E-state index < -0.39 is 11.7 Å². The summed E-state index contributed by atoms with van der Waals surface area (Å²) in [6.45, 7) is 10.2. The Morgan fingerprint density at radius 1 is 1.05 bits per heavy atom. The lowest BCUT2D eigenvalue weighted by atomic mass is 9.96. The van der Waals surface area contributed by atoms with E-state index in [-0.39, 0.29) is 30.6 Å². The number of rotatable bonds is 11. The van der Waals surface area contributed by atoms with Gasteiger partial charge in [0.15, 0.2) is 0 Å². The van der Waals surface area contributed by atoms with Gasteiger partial charge in [-0.15, -0.1) is 0 Å². The Hall–Kier alpha value is -2.62. The van der Waals surface area contributed by atoms with E-state index in [9.17, 15) is 18.0 Å². The number of hydrogen-bond acceptors (Lipinski definition) is 5. The number of likely N-dealkylation sites (N-methyl/N-ethyl adjacent to an activating group) is 1. The second-order valence-corrected chi connectivity index (χ2v) is 10.9. The fourth-order valence-electron chi connectivity index (χ4n) is 5.94. The average Bonchev–Trinajstić information content (AvgIpc) is 3.51. The molecule has 2 aromatic carbocycles. The SMILES string of the molecule is Cc1c(OCCCCN(C)CCO)ccc([C@H](C)N2C[C@@H]3C[C@H]2CN3C(=O)c2ccc(C(F)(F)F)cc2)c1C. The van der Waals surface area contributed by atoms with Crippen LogP contribution in [-0.4, -0.2) is 84.2 Å². The number of fused-ring (bicyclic) bond motifs is 2. The van der Waals surface area contributed by atoms with Gasteiger partial charge in [-0.25, -0.2) is 0 Å². The molecule has 0 spiro atoms. The third-order valence-corrected chi connectivity index (χ3v) is 8.40. The molecule has 3 atom stereocenters. The van der Waals surface area contributed by atoms with Crippen LogP contribution >= 0.6 is 0 Å². The summed E-state index contributed by atoms with van der Waals surface area (Å²) in [5.74, 6) is 0.709. The second-order valence-electron chi connectivity index (χ2n) is 10.9. The van der Waals surface area contributed by atoms with Gasteiger partial charge < -0.3 is 19.6 Å². The van der Waals surface area contributed by atoms with Crippen LogP contribution in [0.2, 0.25) is 0 Å². The number of likely N-dealkylation sites (tertiary alicyclic amines) is 2. The van der Waals surface area contributed by atoms with Gasteiger partial charge in [-0.2, -0.15) is 13.2 Å². The summed E-state index contributed by atoms with van der Waals surface area (Å²) in [6.07, 6.45) is -1.57. The molecular weight excluding hydrogens is 507 g/mol. The fourth-order valence-corrected chi connectivity index (χ4v) is 5.94. The molecule has 0 radical (unpaired) electrons. The zero-order chi connectivity index (χ0) is 28.3. The maximum Gasteiger partial charge on any atom is 0.416 e. The topological polar surface area (TPSA) is 56.3 Å². The molecule has 1 amide bonds. The number of amides is 1.